The van der Waals surface area contributed by atoms with Gasteiger partial charge in [-0.05, 0) is 12.8 Å². The van der Waals surface area contributed by atoms with Gasteiger partial charge in [-0.3, -0.25) is 0 Å². The van der Waals surface area contributed by atoms with Crippen LogP contribution in [0, 0.1) is 23.2 Å². The SMILES string of the molecule is CCCCCCCCCCCCCCCCCCC#C[P]C#CCCCCCCCCCCCCCCCCCC. The van der Waals surface area contributed by atoms with Crippen molar-refractivity contribution in [2.24, 2.45) is 0 Å². The maximum atomic E-state index is 3.33. The van der Waals surface area contributed by atoms with Gasteiger partial charge in [0, 0.05) is 12.8 Å². The molecule has 0 aliphatic carbocycles. The highest BCUT2D eigenvalue weighted by Crippen LogP contribution is 2.15. The third-order valence-corrected chi connectivity index (χ3v) is 9.12. The molecule has 0 amide bonds. The van der Waals surface area contributed by atoms with Gasteiger partial charge in [0.1, 0.15) is 0 Å². The number of rotatable bonds is 32. The summed E-state index contributed by atoms with van der Waals surface area (Å²) >= 11 is 0. The summed E-state index contributed by atoms with van der Waals surface area (Å²) in [6.07, 6.45) is 47.8. The van der Waals surface area contributed by atoms with Gasteiger partial charge in [0.25, 0.3) is 0 Å². The molecule has 239 valence electrons. The fraction of sp³-hybridized carbons (Fsp3) is 0.900. The molecule has 0 saturated heterocycles. The minimum atomic E-state index is 1.02. The minimum Gasteiger partial charge on any atom is -0.0972 e. The van der Waals surface area contributed by atoms with Crippen molar-refractivity contribution >= 4 is 8.58 Å². The molecule has 0 aromatic carbocycles. The Morgan fingerprint density at radius 3 is 0.683 bits per heavy atom. The van der Waals surface area contributed by atoms with Gasteiger partial charge in [-0.25, -0.2) is 0 Å². The fourth-order valence-electron chi connectivity index (χ4n) is 5.74. The van der Waals surface area contributed by atoms with Crippen LogP contribution < -0.4 is 0 Å². The lowest BCUT2D eigenvalue weighted by atomic mass is 10.0. The van der Waals surface area contributed by atoms with Gasteiger partial charge in [-0.15, -0.1) is 0 Å². The van der Waals surface area contributed by atoms with Crippen LogP contribution in [0.15, 0.2) is 0 Å². The van der Waals surface area contributed by atoms with Gasteiger partial charge in [0.05, 0.1) is 8.58 Å². The molecule has 0 aromatic rings. The Kier molecular flexibility index (Phi) is 39.1. The van der Waals surface area contributed by atoms with Crippen molar-refractivity contribution in [2.75, 3.05) is 0 Å². The summed E-state index contributed by atoms with van der Waals surface area (Å²) in [5.41, 5.74) is 6.49. The van der Waals surface area contributed by atoms with Crippen LogP contribution in [0.25, 0.3) is 0 Å². The summed E-state index contributed by atoms with van der Waals surface area (Å²) in [7, 11) is 1.02. The zero-order valence-corrected chi connectivity index (χ0v) is 29.4. The molecule has 0 spiro atoms. The second-order valence-corrected chi connectivity index (χ2v) is 13.5. The normalized spacial score (nSPS) is 10.8. The molecule has 0 saturated carbocycles. The van der Waals surface area contributed by atoms with E-state index in [1.165, 1.54) is 205 Å². The van der Waals surface area contributed by atoms with Crippen molar-refractivity contribution in [3.05, 3.63) is 0 Å². The van der Waals surface area contributed by atoms with E-state index in [1.54, 1.807) is 0 Å². The molecule has 0 fully saturated rings. The first-order valence-electron chi connectivity index (χ1n) is 19.1. The van der Waals surface area contributed by atoms with E-state index >= 15 is 0 Å². The number of hydrogen-bond donors (Lipinski definition) is 0. The molecule has 0 heterocycles. The summed E-state index contributed by atoms with van der Waals surface area (Å²) in [5, 5.41) is 0. The summed E-state index contributed by atoms with van der Waals surface area (Å²) in [6.45, 7) is 4.60. The Labute approximate surface area is 263 Å². The van der Waals surface area contributed by atoms with E-state index in [1.807, 2.05) is 0 Å². The Bertz CT molecular complexity index is 533. The highest BCUT2D eigenvalue weighted by Gasteiger charge is 1.96. The molecule has 0 rings (SSSR count). The van der Waals surface area contributed by atoms with E-state index in [2.05, 4.69) is 37.0 Å². The summed E-state index contributed by atoms with van der Waals surface area (Å²) in [4.78, 5) is 0. The van der Waals surface area contributed by atoms with E-state index in [0.29, 0.717) is 0 Å². The Morgan fingerprint density at radius 2 is 0.463 bits per heavy atom. The highest BCUT2D eigenvalue weighted by atomic mass is 31.1. The van der Waals surface area contributed by atoms with Gasteiger partial charge < -0.3 is 0 Å². The van der Waals surface area contributed by atoms with E-state index in [-0.39, 0.29) is 0 Å². The van der Waals surface area contributed by atoms with Crippen molar-refractivity contribution in [2.45, 2.75) is 232 Å². The average molecular weight is 586 g/mol. The fourth-order valence-corrected chi connectivity index (χ4v) is 6.18. The Balaban J connectivity index is 3.19. The van der Waals surface area contributed by atoms with Gasteiger partial charge >= 0.3 is 0 Å². The molecule has 0 bridgehead atoms. The molecule has 0 N–H and O–H groups in total. The lowest BCUT2D eigenvalue weighted by Crippen LogP contribution is -1.83. The first-order chi connectivity index (χ1) is 20.4. The van der Waals surface area contributed by atoms with Crippen LogP contribution in [0.2, 0.25) is 0 Å². The first-order valence-corrected chi connectivity index (χ1v) is 20.0. The number of unbranched alkanes of at least 4 members (excludes halogenated alkanes) is 32. The summed E-state index contributed by atoms with van der Waals surface area (Å²) in [5.74, 6) is 6.66. The smallest absolute Gasteiger partial charge is 0.0972 e. The zero-order chi connectivity index (χ0) is 29.6. The second kappa shape index (κ2) is 39.5. The highest BCUT2D eigenvalue weighted by molar-refractivity contribution is 7.49. The maximum Gasteiger partial charge on any atom is 0.0995 e. The quantitative estimate of drug-likeness (QED) is 0.0418. The predicted octanol–water partition coefficient (Wildman–Crippen LogP) is 15.2. The zero-order valence-electron chi connectivity index (χ0n) is 28.5. The predicted molar refractivity (Wildman–Crippen MR) is 191 cm³/mol. The molecule has 0 nitrogen and oxygen atoms in total. The second-order valence-electron chi connectivity index (χ2n) is 12.8. The maximum absolute atomic E-state index is 3.33. The van der Waals surface area contributed by atoms with Crippen LogP contribution in [0.5, 0.6) is 0 Å². The summed E-state index contributed by atoms with van der Waals surface area (Å²) < 4.78 is 0. The molecule has 1 heteroatoms. The average Bonchev–Trinajstić information content (AvgIpc) is 2.98. The number of hydrogen-bond acceptors (Lipinski definition) is 0. The van der Waals surface area contributed by atoms with Crippen LogP contribution in [0.4, 0.5) is 0 Å². The first kappa shape index (κ1) is 40.5. The van der Waals surface area contributed by atoms with Crippen LogP contribution in [-0.2, 0) is 0 Å². The van der Waals surface area contributed by atoms with Crippen molar-refractivity contribution in [1.82, 2.24) is 0 Å². The van der Waals surface area contributed by atoms with Crippen LogP contribution in [-0.4, -0.2) is 0 Å². The largest absolute Gasteiger partial charge is 0.0995 e. The molecule has 1 radical (unpaired) electrons. The minimum absolute atomic E-state index is 1.02. The van der Waals surface area contributed by atoms with Gasteiger partial charge in [-0.2, -0.15) is 0 Å². The van der Waals surface area contributed by atoms with E-state index in [9.17, 15) is 0 Å². The molecule has 0 atom stereocenters. The lowest BCUT2D eigenvalue weighted by Gasteiger charge is -2.03. The van der Waals surface area contributed by atoms with E-state index in [0.717, 1.165) is 21.4 Å². The van der Waals surface area contributed by atoms with Gasteiger partial charge in [0.2, 0.25) is 0 Å². The molecule has 0 aromatic heterocycles. The van der Waals surface area contributed by atoms with Crippen molar-refractivity contribution in [1.29, 1.82) is 0 Å². The monoisotopic (exact) mass is 586 g/mol. The topological polar surface area (TPSA) is 0 Å². The Hall–Kier alpha value is -0.450. The molecular formula is C40H74P. The van der Waals surface area contributed by atoms with Gasteiger partial charge in [-0.1, -0.05) is 230 Å². The van der Waals surface area contributed by atoms with Gasteiger partial charge in [0.15, 0.2) is 0 Å². The van der Waals surface area contributed by atoms with E-state index in [4.69, 9.17) is 0 Å². The van der Waals surface area contributed by atoms with Crippen molar-refractivity contribution in [3.8, 4) is 23.2 Å². The van der Waals surface area contributed by atoms with Crippen LogP contribution >= 0.6 is 8.58 Å². The van der Waals surface area contributed by atoms with Crippen molar-refractivity contribution in [3.63, 3.8) is 0 Å². The third-order valence-electron chi connectivity index (χ3n) is 8.58. The molecule has 41 heavy (non-hydrogen) atoms. The molecule has 0 unspecified atom stereocenters. The molecule has 0 aliphatic rings. The van der Waals surface area contributed by atoms with Crippen molar-refractivity contribution < 1.29 is 0 Å². The summed E-state index contributed by atoms with van der Waals surface area (Å²) in [6, 6.07) is 0. The molecular weight excluding hydrogens is 511 g/mol. The van der Waals surface area contributed by atoms with Crippen LogP contribution in [0.3, 0.4) is 0 Å². The third kappa shape index (κ3) is 39.5. The Morgan fingerprint density at radius 1 is 0.268 bits per heavy atom. The standard InChI is InChI=1S/C40H74P/c1-3-5-7-9-11-13-15-17-19-21-23-25-27-29-31-33-35-37-39-41-40-38-36-34-32-30-28-26-24-22-20-18-16-14-12-10-8-6-4-2/h3-36H2,1-2H3. The molecule has 0 aliphatic heterocycles. The van der Waals surface area contributed by atoms with E-state index < -0.39 is 0 Å². The lowest BCUT2D eigenvalue weighted by molar-refractivity contribution is 0.530. The van der Waals surface area contributed by atoms with Crippen LogP contribution in [0.1, 0.15) is 232 Å².